The zero-order valence-corrected chi connectivity index (χ0v) is 8.82. The number of fused-ring (bicyclic) bond motifs is 1. The molecule has 5 nitrogen and oxygen atoms in total. The summed E-state index contributed by atoms with van der Waals surface area (Å²) >= 11 is 0. The van der Waals surface area contributed by atoms with E-state index in [1.165, 1.54) is 0 Å². The molecule has 0 aliphatic carbocycles. The minimum Gasteiger partial charge on any atom is -0.438 e. The fourth-order valence-corrected chi connectivity index (χ4v) is 1.45. The van der Waals surface area contributed by atoms with Crippen LogP contribution in [0.1, 0.15) is 5.89 Å². The molecule has 0 fully saturated rings. The summed E-state index contributed by atoms with van der Waals surface area (Å²) < 4.78 is 31.3. The third-order valence-electron chi connectivity index (χ3n) is 1.73. The Labute approximate surface area is 86.8 Å². The Hall–Kier alpha value is -1.40. The van der Waals surface area contributed by atoms with Crippen molar-refractivity contribution >= 4 is 21.2 Å². The molecule has 0 atom stereocenters. The lowest BCUT2D eigenvalue weighted by molar-refractivity contribution is 0.274. The van der Waals surface area contributed by atoms with Gasteiger partial charge in [0.25, 0.3) is 10.1 Å². The van der Waals surface area contributed by atoms with Gasteiger partial charge in [0.2, 0.25) is 5.89 Å². The van der Waals surface area contributed by atoms with Gasteiger partial charge < -0.3 is 4.42 Å². The van der Waals surface area contributed by atoms with E-state index in [9.17, 15) is 8.42 Å². The predicted octanol–water partition coefficient (Wildman–Crippen LogP) is 1.30. The van der Waals surface area contributed by atoms with Crippen LogP contribution in [0, 0.1) is 0 Å². The molecule has 0 radical (unpaired) electrons. The quantitative estimate of drug-likeness (QED) is 0.739. The third kappa shape index (κ3) is 2.54. The maximum absolute atomic E-state index is 10.7. The van der Waals surface area contributed by atoms with Crippen molar-refractivity contribution in [2.45, 2.75) is 6.61 Å². The zero-order valence-electron chi connectivity index (χ0n) is 8.00. The molecule has 0 saturated heterocycles. The summed E-state index contributed by atoms with van der Waals surface area (Å²) in [4.78, 5) is 4.06. The minimum absolute atomic E-state index is 0.173. The smallest absolute Gasteiger partial charge is 0.264 e. The normalized spacial score (nSPS) is 12.1. The van der Waals surface area contributed by atoms with Gasteiger partial charge >= 0.3 is 0 Å². The highest BCUT2D eigenvalue weighted by atomic mass is 32.2. The summed E-state index contributed by atoms with van der Waals surface area (Å²) in [5.74, 6) is 0.252. The molecule has 80 valence electrons. The predicted molar refractivity (Wildman–Crippen MR) is 53.6 cm³/mol. The van der Waals surface area contributed by atoms with E-state index in [1.807, 2.05) is 12.1 Å². The Morgan fingerprint density at radius 3 is 2.80 bits per heavy atom. The van der Waals surface area contributed by atoms with Crippen LogP contribution in [-0.4, -0.2) is 19.7 Å². The van der Waals surface area contributed by atoms with E-state index in [1.54, 1.807) is 12.1 Å². The molecule has 0 spiro atoms. The summed E-state index contributed by atoms with van der Waals surface area (Å²) in [6.07, 6.45) is 0.982. The molecular weight excluding hydrogens is 218 g/mol. The van der Waals surface area contributed by atoms with Gasteiger partial charge in [-0.1, -0.05) is 12.1 Å². The molecule has 1 heterocycles. The average Bonchev–Trinajstić information content (AvgIpc) is 2.56. The number of rotatable bonds is 3. The average molecular weight is 227 g/mol. The summed E-state index contributed by atoms with van der Waals surface area (Å²) in [5.41, 5.74) is 1.30. The maximum atomic E-state index is 10.7. The van der Waals surface area contributed by atoms with Crippen molar-refractivity contribution in [1.29, 1.82) is 0 Å². The number of nitrogens with zero attached hydrogens (tertiary/aromatic N) is 1. The van der Waals surface area contributed by atoms with Gasteiger partial charge in [-0.3, -0.25) is 4.18 Å². The molecule has 0 aliphatic rings. The van der Waals surface area contributed by atoms with Gasteiger partial charge in [-0.2, -0.15) is 8.42 Å². The molecule has 6 heteroatoms. The van der Waals surface area contributed by atoms with Crippen molar-refractivity contribution in [1.82, 2.24) is 4.98 Å². The van der Waals surface area contributed by atoms with Crippen molar-refractivity contribution in [2.24, 2.45) is 0 Å². The molecule has 1 aromatic carbocycles. The van der Waals surface area contributed by atoms with Crippen LogP contribution in [0.2, 0.25) is 0 Å². The van der Waals surface area contributed by atoms with Gasteiger partial charge in [-0.25, -0.2) is 4.98 Å². The van der Waals surface area contributed by atoms with E-state index in [0.717, 1.165) is 6.26 Å². The van der Waals surface area contributed by atoms with E-state index >= 15 is 0 Å². The Morgan fingerprint density at radius 1 is 1.40 bits per heavy atom. The Balaban J connectivity index is 2.23. The highest BCUT2D eigenvalue weighted by Gasteiger charge is 2.08. The Kier molecular flexibility index (Phi) is 2.45. The van der Waals surface area contributed by atoms with Crippen LogP contribution >= 0.6 is 0 Å². The van der Waals surface area contributed by atoms with Gasteiger partial charge in [0.15, 0.2) is 5.58 Å². The second-order valence-corrected chi connectivity index (χ2v) is 4.69. The number of hydrogen-bond acceptors (Lipinski definition) is 5. The SMILES string of the molecule is CS(=O)(=O)OCc1nc2ccccc2o1. The molecule has 0 amide bonds. The molecule has 2 aromatic rings. The summed E-state index contributed by atoms with van der Waals surface area (Å²) in [6, 6.07) is 7.18. The van der Waals surface area contributed by atoms with Crippen LogP contribution in [0.4, 0.5) is 0 Å². The number of para-hydroxylation sites is 2. The number of oxazole rings is 1. The fourth-order valence-electron chi connectivity index (χ4n) is 1.14. The molecule has 0 unspecified atom stereocenters. The van der Waals surface area contributed by atoms with Crippen molar-refractivity contribution in [3.05, 3.63) is 30.2 Å². The van der Waals surface area contributed by atoms with Gasteiger partial charge in [0.1, 0.15) is 12.1 Å². The van der Waals surface area contributed by atoms with Crippen LogP contribution < -0.4 is 0 Å². The molecule has 2 rings (SSSR count). The first-order valence-corrected chi connectivity index (χ1v) is 6.05. The number of aromatic nitrogens is 1. The van der Waals surface area contributed by atoms with Crippen LogP contribution in [0.15, 0.2) is 28.7 Å². The van der Waals surface area contributed by atoms with Crippen molar-refractivity contribution < 1.29 is 17.0 Å². The highest BCUT2D eigenvalue weighted by Crippen LogP contribution is 2.15. The van der Waals surface area contributed by atoms with Crippen LogP contribution in [0.5, 0.6) is 0 Å². The lowest BCUT2D eigenvalue weighted by atomic mass is 10.3. The van der Waals surface area contributed by atoms with Gasteiger partial charge in [-0.15, -0.1) is 0 Å². The van der Waals surface area contributed by atoms with E-state index in [2.05, 4.69) is 9.17 Å². The molecule has 0 N–H and O–H groups in total. The molecular formula is C9H9NO4S. The monoisotopic (exact) mass is 227 g/mol. The van der Waals surface area contributed by atoms with Crippen LogP contribution in [0.25, 0.3) is 11.1 Å². The topological polar surface area (TPSA) is 69.4 Å². The number of benzene rings is 1. The van der Waals surface area contributed by atoms with Crippen molar-refractivity contribution in [3.8, 4) is 0 Å². The molecule has 0 saturated carbocycles. The Morgan fingerprint density at radius 2 is 2.13 bits per heavy atom. The lowest BCUT2D eigenvalue weighted by Gasteiger charge is -1.94. The van der Waals surface area contributed by atoms with E-state index in [4.69, 9.17) is 4.42 Å². The largest absolute Gasteiger partial charge is 0.438 e. The molecule has 0 bridgehead atoms. The standard InChI is InChI=1S/C9H9NO4S/c1-15(11,12)13-6-9-10-7-4-2-3-5-8(7)14-9/h2-5H,6H2,1H3. The summed E-state index contributed by atoms with van der Waals surface area (Å²) in [6.45, 7) is -0.173. The Bertz CT molecular complexity index is 540. The first-order chi connectivity index (χ1) is 7.04. The zero-order chi connectivity index (χ0) is 10.9. The second kappa shape index (κ2) is 3.63. The number of hydrogen-bond donors (Lipinski definition) is 0. The van der Waals surface area contributed by atoms with Gasteiger partial charge in [-0.05, 0) is 12.1 Å². The first kappa shape index (κ1) is 10.1. The highest BCUT2D eigenvalue weighted by molar-refractivity contribution is 7.85. The maximum Gasteiger partial charge on any atom is 0.264 e. The first-order valence-electron chi connectivity index (χ1n) is 4.23. The molecule has 15 heavy (non-hydrogen) atoms. The summed E-state index contributed by atoms with van der Waals surface area (Å²) in [7, 11) is -3.46. The van der Waals surface area contributed by atoms with Gasteiger partial charge in [0, 0.05) is 0 Å². The fraction of sp³-hybridized carbons (Fsp3) is 0.222. The van der Waals surface area contributed by atoms with Crippen LogP contribution in [-0.2, 0) is 20.9 Å². The third-order valence-corrected chi connectivity index (χ3v) is 2.28. The van der Waals surface area contributed by atoms with E-state index in [0.29, 0.717) is 11.1 Å². The van der Waals surface area contributed by atoms with Crippen molar-refractivity contribution in [3.63, 3.8) is 0 Å². The van der Waals surface area contributed by atoms with Crippen LogP contribution in [0.3, 0.4) is 0 Å². The molecule has 1 aromatic heterocycles. The minimum atomic E-state index is -3.46. The van der Waals surface area contributed by atoms with E-state index in [-0.39, 0.29) is 12.5 Å². The lowest BCUT2D eigenvalue weighted by Crippen LogP contribution is -2.02. The van der Waals surface area contributed by atoms with E-state index < -0.39 is 10.1 Å². The van der Waals surface area contributed by atoms with Crippen molar-refractivity contribution in [2.75, 3.05) is 6.26 Å². The second-order valence-electron chi connectivity index (χ2n) is 3.04. The summed E-state index contributed by atoms with van der Waals surface area (Å²) in [5, 5.41) is 0. The molecule has 0 aliphatic heterocycles. The van der Waals surface area contributed by atoms with Gasteiger partial charge in [0.05, 0.1) is 6.26 Å².